The molecule has 0 radical (unpaired) electrons. The summed E-state index contributed by atoms with van der Waals surface area (Å²) in [5.74, 6) is 0.268. The molecule has 0 aromatic carbocycles. The molecular weight excluding hydrogens is 274 g/mol. The normalized spacial score (nSPS) is 19.0. The van der Waals surface area contributed by atoms with Crippen LogP contribution in [-0.2, 0) is 0 Å². The number of carbonyl (C=O) groups excluding carboxylic acids is 1. The molecule has 1 amide bonds. The molecule has 0 spiro atoms. The molecule has 20 heavy (non-hydrogen) atoms. The predicted octanol–water partition coefficient (Wildman–Crippen LogP) is 1.85. The number of piperidine rings is 1. The number of rotatable bonds is 2. The molecule has 3 rings (SSSR count). The molecule has 1 aliphatic heterocycles. The van der Waals surface area contributed by atoms with Crippen LogP contribution in [0.1, 0.15) is 34.1 Å². The van der Waals surface area contributed by atoms with Gasteiger partial charge in [0.25, 0.3) is 5.91 Å². The number of aromatic amines is 1. The topological polar surface area (TPSA) is 66.1 Å². The van der Waals surface area contributed by atoms with E-state index in [4.69, 9.17) is 0 Å². The van der Waals surface area contributed by atoms with Gasteiger partial charge in [-0.25, -0.2) is 9.78 Å². The maximum absolute atomic E-state index is 12.4. The lowest BCUT2D eigenvalue weighted by molar-refractivity contribution is 0.0711. The maximum Gasteiger partial charge on any atom is 0.345 e. The number of hydrogen-bond donors (Lipinski definition) is 1. The Morgan fingerprint density at radius 2 is 2.35 bits per heavy atom. The van der Waals surface area contributed by atoms with E-state index in [1.807, 2.05) is 28.5 Å². The molecule has 1 N–H and O–H groups in total. The van der Waals surface area contributed by atoms with E-state index in [1.54, 1.807) is 0 Å². The molecule has 5 nitrogen and oxygen atoms in total. The minimum absolute atomic E-state index is 0.0844. The van der Waals surface area contributed by atoms with Gasteiger partial charge in [-0.1, -0.05) is 6.07 Å². The Kier molecular flexibility index (Phi) is 3.64. The van der Waals surface area contributed by atoms with Gasteiger partial charge in [-0.05, 0) is 30.4 Å². The van der Waals surface area contributed by atoms with Gasteiger partial charge < -0.3 is 9.88 Å². The summed E-state index contributed by atoms with van der Waals surface area (Å²) in [6.07, 6.45) is 3.45. The molecular formula is C14H15N3O2S. The van der Waals surface area contributed by atoms with Crippen LogP contribution in [0.4, 0.5) is 0 Å². The molecule has 1 aliphatic rings. The van der Waals surface area contributed by atoms with Crippen molar-refractivity contribution in [1.82, 2.24) is 14.9 Å². The fraction of sp³-hybridized carbons (Fsp3) is 0.357. The van der Waals surface area contributed by atoms with Crippen molar-refractivity contribution in [1.29, 1.82) is 0 Å². The van der Waals surface area contributed by atoms with Crippen LogP contribution in [0, 0.1) is 0 Å². The molecule has 1 unspecified atom stereocenters. The molecule has 1 fully saturated rings. The second-order valence-corrected chi connectivity index (χ2v) is 5.85. The Morgan fingerprint density at radius 3 is 3.10 bits per heavy atom. The molecule has 0 saturated carbocycles. The second-order valence-electron chi connectivity index (χ2n) is 4.90. The fourth-order valence-electron chi connectivity index (χ4n) is 2.59. The summed E-state index contributed by atoms with van der Waals surface area (Å²) in [4.78, 5) is 32.7. The molecule has 3 heterocycles. The van der Waals surface area contributed by atoms with E-state index in [9.17, 15) is 9.59 Å². The molecule has 1 atom stereocenters. The van der Waals surface area contributed by atoms with Gasteiger partial charge in [-0.2, -0.15) is 0 Å². The Morgan fingerprint density at radius 1 is 1.45 bits per heavy atom. The fourth-order valence-corrected chi connectivity index (χ4v) is 3.28. The van der Waals surface area contributed by atoms with Gasteiger partial charge in [0.05, 0.1) is 4.88 Å². The van der Waals surface area contributed by atoms with Crippen LogP contribution in [0.3, 0.4) is 0 Å². The minimum atomic E-state index is -0.329. The monoisotopic (exact) mass is 289 g/mol. The van der Waals surface area contributed by atoms with Gasteiger partial charge in [0.1, 0.15) is 0 Å². The van der Waals surface area contributed by atoms with Crippen LogP contribution < -0.4 is 5.69 Å². The highest BCUT2D eigenvalue weighted by Gasteiger charge is 2.26. The van der Waals surface area contributed by atoms with Crippen molar-refractivity contribution in [3.63, 3.8) is 0 Å². The van der Waals surface area contributed by atoms with Crippen LogP contribution >= 0.6 is 11.3 Å². The number of thiophene rings is 1. The van der Waals surface area contributed by atoms with Crippen molar-refractivity contribution < 1.29 is 4.79 Å². The average molecular weight is 289 g/mol. The summed E-state index contributed by atoms with van der Waals surface area (Å²) in [5.41, 5.74) is 0.540. The first-order valence-electron chi connectivity index (χ1n) is 6.62. The van der Waals surface area contributed by atoms with Crippen LogP contribution in [0.25, 0.3) is 0 Å². The first-order chi connectivity index (χ1) is 9.74. The van der Waals surface area contributed by atoms with Crippen molar-refractivity contribution in [3.8, 4) is 0 Å². The van der Waals surface area contributed by atoms with Crippen molar-refractivity contribution in [3.05, 3.63) is 50.8 Å². The Labute approximate surface area is 120 Å². The van der Waals surface area contributed by atoms with E-state index < -0.39 is 0 Å². The summed E-state index contributed by atoms with van der Waals surface area (Å²) in [6, 6.07) is 5.57. The molecule has 0 bridgehead atoms. The minimum Gasteiger partial charge on any atom is -0.337 e. The zero-order valence-corrected chi connectivity index (χ0v) is 11.7. The number of likely N-dealkylation sites (tertiary alicyclic amines) is 1. The third-order valence-electron chi connectivity index (χ3n) is 3.58. The SMILES string of the molecule is O=C(c1cccs1)N1CCCC(c2ccnc(=O)[nH]2)C1. The van der Waals surface area contributed by atoms with Gasteiger partial charge in [0.15, 0.2) is 0 Å². The van der Waals surface area contributed by atoms with E-state index in [0.29, 0.717) is 6.54 Å². The summed E-state index contributed by atoms with van der Waals surface area (Å²) in [7, 11) is 0. The van der Waals surface area contributed by atoms with Crippen LogP contribution in [0.15, 0.2) is 34.6 Å². The second kappa shape index (κ2) is 5.58. The standard InChI is InChI=1S/C14H15N3O2S/c18-13(12-4-2-8-20-12)17-7-1-3-10(9-17)11-5-6-15-14(19)16-11/h2,4-6,8,10H,1,3,7,9H2,(H,15,16,19). The molecule has 1 saturated heterocycles. The van der Waals surface area contributed by atoms with Crippen molar-refractivity contribution in [2.45, 2.75) is 18.8 Å². The van der Waals surface area contributed by atoms with Gasteiger partial charge in [0, 0.05) is 30.9 Å². The van der Waals surface area contributed by atoms with Crippen molar-refractivity contribution in [2.75, 3.05) is 13.1 Å². The lowest BCUT2D eigenvalue weighted by Crippen LogP contribution is -2.39. The van der Waals surface area contributed by atoms with Gasteiger partial charge >= 0.3 is 5.69 Å². The first-order valence-corrected chi connectivity index (χ1v) is 7.50. The first kappa shape index (κ1) is 13.1. The highest BCUT2D eigenvalue weighted by atomic mass is 32.1. The number of nitrogens with zero attached hydrogens (tertiary/aromatic N) is 2. The van der Waals surface area contributed by atoms with Gasteiger partial charge in [-0.15, -0.1) is 11.3 Å². The van der Waals surface area contributed by atoms with E-state index in [2.05, 4.69) is 9.97 Å². The number of nitrogens with one attached hydrogen (secondary N) is 1. The predicted molar refractivity (Wildman–Crippen MR) is 77.1 cm³/mol. The van der Waals surface area contributed by atoms with E-state index in [0.717, 1.165) is 30.0 Å². The zero-order valence-electron chi connectivity index (χ0n) is 10.9. The van der Waals surface area contributed by atoms with Gasteiger partial charge in [-0.3, -0.25) is 4.79 Å². The third-order valence-corrected chi connectivity index (χ3v) is 4.44. The van der Waals surface area contributed by atoms with Gasteiger partial charge in [0.2, 0.25) is 0 Å². The molecule has 2 aromatic heterocycles. The summed E-state index contributed by atoms with van der Waals surface area (Å²) >= 11 is 1.47. The quantitative estimate of drug-likeness (QED) is 0.917. The smallest absolute Gasteiger partial charge is 0.337 e. The largest absolute Gasteiger partial charge is 0.345 e. The highest BCUT2D eigenvalue weighted by molar-refractivity contribution is 7.12. The van der Waals surface area contributed by atoms with Crippen molar-refractivity contribution in [2.24, 2.45) is 0 Å². The Balaban J connectivity index is 1.77. The molecule has 2 aromatic rings. The van der Waals surface area contributed by atoms with E-state index in [1.165, 1.54) is 17.5 Å². The lowest BCUT2D eigenvalue weighted by Gasteiger charge is -2.32. The van der Waals surface area contributed by atoms with E-state index in [-0.39, 0.29) is 17.5 Å². The Hall–Kier alpha value is -1.95. The summed E-state index contributed by atoms with van der Waals surface area (Å²) in [6.45, 7) is 1.43. The summed E-state index contributed by atoms with van der Waals surface area (Å²) in [5, 5.41) is 1.91. The lowest BCUT2D eigenvalue weighted by atomic mass is 9.94. The van der Waals surface area contributed by atoms with Crippen molar-refractivity contribution >= 4 is 17.2 Å². The van der Waals surface area contributed by atoms with E-state index >= 15 is 0 Å². The number of H-pyrrole nitrogens is 1. The number of carbonyl (C=O) groups is 1. The third kappa shape index (κ3) is 2.65. The number of aromatic nitrogens is 2. The summed E-state index contributed by atoms with van der Waals surface area (Å²) < 4.78 is 0. The zero-order chi connectivity index (χ0) is 13.9. The molecule has 6 heteroatoms. The molecule has 104 valence electrons. The number of amides is 1. The average Bonchev–Trinajstić information content (AvgIpc) is 3.01. The van der Waals surface area contributed by atoms with Crippen LogP contribution in [0.5, 0.6) is 0 Å². The maximum atomic E-state index is 12.4. The molecule has 0 aliphatic carbocycles. The van der Waals surface area contributed by atoms with Crippen LogP contribution in [0.2, 0.25) is 0 Å². The number of hydrogen-bond acceptors (Lipinski definition) is 4. The Bertz CT molecular complexity index is 650. The van der Waals surface area contributed by atoms with Crippen LogP contribution in [-0.4, -0.2) is 33.9 Å². The highest BCUT2D eigenvalue weighted by Crippen LogP contribution is 2.26.